The van der Waals surface area contributed by atoms with Crippen molar-refractivity contribution in [2.75, 3.05) is 13.2 Å². The minimum atomic E-state index is -3.46. The highest BCUT2D eigenvalue weighted by molar-refractivity contribution is 5.88. The maximum Gasteiger partial charge on any atom is 0.345 e. The van der Waals surface area contributed by atoms with E-state index in [1.165, 1.54) is 6.92 Å². The Balaban J connectivity index is 2.44. The van der Waals surface area contributed by atoms with Crippen molar-refractivity contribution in [1.29, 1.82) is 0 Å². The molecule has 1 aromatic heterocycles. The van der Waals surface area contributed by atoms with Crippen molar-refractivity contribution in [2.24, 2.45) is 0 Å². The Morgan fingerprint density at radius 1 is 1.26 bits per heavy atom. The van der Waals surface area contributed by atoms with E-state index in [4.69, 9.17) is 9.47 Å². The maximum absolute atomic E-state index is 15.0. The molecule has 0 bridgehead atoms. The molecular weight excluding hydrogens is 473 g/mol. The Hall–Kier alpha value is -2.20. The molecule has 0 aliphatic carbocycles. The van der Waals surface area contributed by atoms with E-state index in [-0.39, 0.29) is 22.7 Å². The number of H-pyrrole nitrogens is 1. The minimum absolute atomic E-state index is 0.0974. The van der Waals surface area contributed by atoms with Gasteiger partial charge < -0.3 is 35.1 Å². The molecule has 0 radical (unpaired) electrons. The molecule has 6 N–H and O–H groups in total. The maximum atomic E-state index is 15.0. The lowest BCUT2D eigenvalue weighted by molar-refractivity contribution is -0.428. The van der Waals surface area contributed by atoms with E-state index in [9.17, 15) is 44.4 Å². The van der Waals surface area contributed by atoms with Gasteiger partial charge in [-0.3, -0.25) is 9.78 Å². The van der Waals surface area contributed by atoms with Crippen LogP contribution in [0.3, 0.4) is 0 Å². The molecule has 1 unspecified atom stereocenters. The first-order valence-corrected chi connectivity index (χ1v) is 11.6. The van der Waals surface area contributed by atoms with Crippen LogP contribution in [0.1, 0.15) is 69.2 Å². The van der Waals surface area contributed by atoms with Gasteiger partial charge in [0, 0.05) is 6.20 Å². The van der Waals surface area contributed by atoms with Gasteiger partial charge in [0.2, 0.25) is 5.72 Å². The number of nitrogens with zero attached hydrogens (tertiary/aromatic N) is 2. The van der Waals surface area contributed by atoms with Gasteiger partial charge in [-0.25, -0.2) is 18.5 Å². The number of halogens is 1. The largest absolute Gasteiger partial charge is 0.462 e. The normalized spacial score (nSPS) is 27.3. The van der Waals surface area contributed by atoms with Crippen molar-refractivity contribution >= 4 is 5.97 Å². The van der Waals surface area contributed by atoms with Gasteiger partial charge in [-0.05, 0) is 19.8 Å². The van der Waals surface area contributed by atoms with Crippen LogP contribution in [0.15, 0.2) is 15.8 Å². The second-order valence-corrected chi connectivity index (χ2v) is 8.35. The second-order valence-electron chi connectivity index (χ2n) is 8.35. The first-order chi connectivity index (χ1) is 16.5. The summed E-state index contributed by atoms with van der Waals surface area (Å²) in [7, 11) is 0. The van der Waals surface area contributed by atoms with Crippen LogP contribution >= 0.6 is 0 Å². The topological polar surface area (TPSA) is 195 Å². The van der Waals surface area contributed by atoms with E-state index in [0.29, 0.717) is 19.0 Å². The van der Waals surface area contributed by atoms with E-state index >= 15 is 0 Å². The lowest BCUT2D eigenvalue weighted by atomic mass is 9.99. The molecular formula is C21H34FN3O10. The van der Waals surface area contributed by atoms with Crippen molar-refractivity contribution < 1.29 is 44.3 Å². The summed E-state index contributed by atoms with van der Waals surface area (Å²) in [5.41, 5.74) is -6.87. The van der Waals surface area contributed by atoms with Crippen LogP contribution in [-0.2, 0) is 15.4 Å². The number of unbranched alkanes of at least 4 members (excludes halogenated alkanes) is 5. The number of aliphatic hydroxyl groups excluding tert-OH is 2. The number of esters is 1. The fourth-order valence-corrected chi connectivity index (χ4v) is 3.95. The van der Waals surface area contributed by atoms with Crippen LogP contribution in [0.5, 0.6) is 0 Å². The van der Waals surface area contributed by atoms with Gasteiger partial charge in [-0.2, -0.15) is 0 Å². The van der Waals surface area contributed by atoms with Crippen LogP contribution in [-0.4, -0.2) is 83.7 Å². The number of aliphatic hydroxyl groups is 4. The van der Waals surface area contributed by atoms with E-state index in [0.717, 1.165) is 25.7 Å². The van der Waals surface area contributed by atoms with Gasteiger partial charge in [0.15, 0.2) is 6.30 Å². The Labute approximate surface area is 200 Å². The number of hydroxylamine groups is 2. The number of ether oxygens (including phenoxy) is 2. The quantitative estimate of drug-likeness (QED) is 0.0662. The molecule has 5 atom stereocenters. The molecule has 1 aliphatic heterocycles. The predicted molar refractivity (Wildman–Crippen MR) is 117 cm³/mol. The van der Waals surface area contributed by atoms with Gasteiger partial charge in [0.25, 0.3) is 5.56 Å². The third-order valence-electron chi connectivity index (χ3n) is 5.91. The van der Waals surface area contributed by atoms with Gasteiger partial charge in [0.1, 0.15) is 17.8 Å². The zero-order chi connectivity index (χ0) is 26.4. The highest BCUT2D eigenvalue weighted by Gasteiger charge is 2.71. The highest BCUT2D eigenvalue weighted by atomic mass is 19.1. The fourth-order valence-electron chi connectivity index (χ4n) is 3.95. The lowest BCUT2D eigenvalue weighted by Gasteiger charge is -2.43. The third-order valence-corrected chi connectivity index (χ3v) is 5.91. The van der Waals surface area contributed by atoms with Crippen LogP contribution in [0.25, 0.3) is 0 Å². The number of carbonyl (C=O) groups is 1. The monoisotopic (exact) mass is 507 g/mol. The number of rotatable bonds is 13. The van der Waals surface area contributed by atoms with Crippen LogP contribution in [0.4, 0.5) is 4.39 Å². The number of carbonyl (C=O) groups excluding carboxylic acids is 1. The average molecular weight is 508 g/mol. The first-order valence-electron chi connectivity index (χ1n) is 11.6. The van der Waals surface area contributed by atoms with Crippen molar-refractivity contribution in [3.05, 3.63) is 32.6 Å². The molecule has 0 amide bonds. The summed E-state index contributed by atoms with van der Waals surface area (Å²) in [6, 6.07) is 0. The molecule has 2 rings (SSSR count). The number of alkyl halides is 1. The van der Waals surface area contributed by atoms with Crippen molar-refractivity contribution in [2.45, 2.75) is 88.9 Å². The van der Waals surface area contributed by atoms with Crippen molar-refractivity contribution in [1.82, 2.24) is 14.6 Å². The van der Waals surface area contributed by atoms with E-state index in [1.54, 1.807) is 4.98 Å². The number of hydrogen-bond acceptors (Lipinski definition) is 11. The zero-order valence-electron chi connectivity index (χ0n) is 19.7. The Morgan fingerprint density at radius 2 is 1.89 bits per heavy atom. The molecule has 1 aromatic rings. The minimum Gasteiger partial charge on any atom is -0.462 e. The standard InChI is InChI=1S/C21H34FN3O10/c1-3-5-6-7-8-9-10-15(22)25(33)20(31)16(27)14(12-26)35-21(20,32)24-11-13(18(29)34-4-2)17(28)23-19(24)30/h11,14-16,26-27,31-33H,3-10,12H2,1-2H3,(H,23,28,30)/t14-,15?,16-,20-,21-/m1/s1. The van der Waals surface area contributed by atoms with Gasteiger partial charge >= 0.3 is 17.6 Å². The molecule has 13 nitrogen and oxygen atoms in total. The molecule has 14 heteroatoms. The van der Waals surface area contributed by atoms with Crippen molar-refractivity contribution in [3.63, 3.8) is 0 Å². The average Bonchev–Trinajstić information content (AvgIpc) is 3.02. The smallest absolute Gasteiger partial charge is 0.345 e. The summed E-state index contributed by atoms with van der Waals surface area (Å²) < 4.78 is 24.9. The van der Waals surface area contributed by atoms with Crippen LogP contribution in [0, 0.1) is 0 Å². The van der Waals surface area contributed by atoms with Crippen molar-refractivity contribution in [3.8, 4) is 0 Å². The molecule has 0 aromatic carbocycles. The van der Waals surface area contributed by atoms with Crippen LogP contribution in [0.2, 0.25) is 0 Å². The summed E-state index contributed by atoms with van der Waals surface area (Å²) in [5, 5.41) is 52.7. The lowest BCUT2D eigenvalue weighted by Crippen LogP contribution is -2.70. The molecule has 2 heterocycles. The molecule has 35 heavy (non-hydrogen) atoms. The molecule has 1 aliphatic rings. The highest BCUT2D eigenvalue weighted by Crippen LogP contribution is 2.44. The number of hydrogen-bond donors (Lipinski definition) is 6. The van der Waals surface area contributed by atoms with Gasteiger partial charge in [-0.15, -0.1) is 5.06 Å². The SMILES string of the molecule is CCCCCCCCC(F)N(O)[C@@]1(O)[C@H](O)[C@@H](CO)O[C@@]1(O)n1cc(C(=O)OCC)c(=O)[nH]c1=O. The zero-order valence-corrected chi connectivity index (χ0v) is 19.7. The van der Waals surface area contributed by atoms with Crippen LogP contribution < -0.4 is 11.2 Å². The van der Waals surface area contributed by atoms with E-state index in [1.807, 2.05) is 6.92 Å². The summed E-state index contributed by atoms with van der Waals surface area (Å²) in [6.45, 7) is 2.34. The van der Waals surface area contributed by atoms with E-state index in [2.05, 4.69) is 0 Å². The number of aromatic nitrogens is 2. The second kappa shape index (κ2) is 12.2. The number of aromatic amines is 1. The van der Waals surface area contributed by atoms with E-state index < -0.39 is 59.5 Å². The summed E-state index contributed by atoms with van der Waals surface area (Å²) in [4.78, 5) is 38.4. The summed E-state index contributed by atoms with van der Waals surface area (Å²) in [6.07, 6.45) is -1.58. The molecule has 1 saturated heterocycles. The molecule has 0 saturated carbocycles. The van der Waals surface area contributed by atoms with Gasteiger partial charge in [-0.1, -0.05) is 39.0 Å². The Morgan fingerprint density at radius 3 is 2.49 bits per heavy atom. The summed E-state index contributed by atoms with van der Waals surface area (Å²) >= 11 is 0. The Kier molecular flexibility index (Phi) is 10.1. The number of nitrogens with one attached hydrogen (secondary N) is 1. The predicted octanol–water partition coefficient (Wildman–Crippen LogP) is -0.506. The molecule has 0 spiro atoms. The van der Waals surface area contributed by atoms with Gasteiger partial charge in [0.05, 0.1) is 13.2 Å². The Bertz CT molecular complexity index is 971. The molecule has 1 fully saturated rings. The molecule has 200 valence electrons. The third kappa shape index (κ3) is 5.63. The summed E-state index contributed by atoms with van der Waals surface area (Å²) in [5.74, 6) is -4.65. The fraction of sp³-hybridized carbons (Fsp3) is 0.762. The first kappa shape index (κ1) is 29.0.